The summed E-state index contributed by atoms with van der Waals surface area (Å²) in [4.78, 5) is 15.0. The Bertz CT molecular complexity index is 2940. The molecule has 0 radical (unpaired) electrons. The molecular weight excluding hydrogens is 725 g/mol. The second-order valence-corrected chi connectivity index (χ2v) is 14.3. The molecule has 7 aromatic carbocycles. The van der Waals surface area contributed by atoms with Crippen LogP contribution in [0.4, 0.5) is 8.78 Å². The van der Waals surface area contributed by atoms with E-state index in [1.54, 1.807) is 0 Å². The minimum atomic E-state index is -0.423. The predicted molar refractivity (Wildman–Crippen MR) is 227 cm³/mol. The van der Waals surface area contributed by atoms with Crippen LogP contribution >= 0.6 is 0 Å². The van der Waals surface area contributed by atoms with Gasteiger partial charge in [0.2, 0.25) is 0 Å². The SMILES string of the molecule is Cc1oc2c(-c3cc(-c4nc(-c5ccccc5)nc(-c5ccccc5)n4)cc(-c4cc(F)cc5c(-c6ccccc6)c(C)oc45)c3)cc(F)cc2c1-c1ccccc1. The average Bonchev–Trinajstić information content (AvgIpc) is 3.78. The molecule has 5 nitrogen and oxygen atoms in total. The molecular formula is C51H33F2N3O2. The van der Waals surface area contributed by atoms with Gasteiger partial charge in [-0.3, -0.25) is 0 Å². The standard InChI is InChI=1S/C51H33F2N3O2/c1-30-45(32-15-7-3-8-16-32)43-28-39(52)26-41(47(43)57-30)36-23-37(42-27-40(53)29-44-46(31(2)58-48(42)44)33-17-9-4-10-18-33)25-38(24-36)51-55-49(34-19-11-5-12-20-34)54-50(56-51)35-21-13-6-14-22-35/h3-29H,1-2H3. The zero-order chi connectivity index (χ0) is 39.3. The third-order valence-corrected chi connectivity index (χ3v) is 10.5. The molecule has 0 unspecified atom stereocenters. The Kier molecular flexibility index (Phi) is 8.56. The van der Waals surface area contributed by atoms with Gasteiger partial charge in [0.25, 0.3) is 0 Å². The molecule has 10 rings (SSSR count). The fourth-order valence-electron chi connectivity index (χ4n) is 7.93. The minimum absolute atomic E-state index is 0.386. The summed E-state index contributed by atoms with van der Waals surface area (Å²) in [5, 5.41) is 1.29. The number of nitrogens with zero attached hydrogens (tertiary/aromatic N) is 3. The van der Waals surface area contributed by atoms with Crippen LogP contribution in [0.3, 0.4) is 0 Å². The van der Waals surface area contributed by atoms with Crippen molar-refractivity contribution in [1.82, 2.24) is 15.0 Å². The van der Waals surface area contributed by atoms with Gasteiger partial charge in [-0.05, 0) is 78.6 Å². The van der Waals surface area contributed by atoms with Gasteiger partial charge in [0.05, 0.1) is 0 Å². The summed E-state index contributed by atoms with van der Waals surface area (Å²) >= 11 is 0. The third-order valence-electron chi connectivity index (χ3n) is 10.5. The molecule has 3 heterocycles. The first kappa shape index (κ1) is 34.9. The predicted octanol–water partition coefficient (Wildman–Crippen LogP) is 13.9. The lowest BCUT2D eigenvalue weighted by Crippen LogP contribution is -2.00. The van der Waals surface area contributed by atoms with E-state index < -0.39 is 11.6 Å². The van der Waals surface area contributed by atoms with Gasteiger partial charge in [-0.25, -0.2) is 23.7 Å². The molecule has 0 spiro atoms. The topological polar surface area (TPSA) is 65.0 Å². The van der Waals surface area contributed by atoms with Crippen LogP contribution < -0.4 is 0 Å². The highest BCUT2D eigenvalue weighted by atomic mass is 19.1. The van der Waals surface area contributed by atoms with E-state index in [9.17, 15) is 0 Å². The van der Waals surface area contributed by atoms with Crippen molar-refractivity contribution in [2.45, 2.75) is 13.8 Å². The Morgan fingerprint density at radius 1 is 0.362 bits per heavy atom. The van der Waals surface area contributed by atoms with Gasteiger partial charge in [-0.1, -0.05) is 121 Å². The number of rotatable bonds is 7. The summed E-state index contributed by atoms with van der Waals surface area (Å²) in [6, 6.07) is 50.8. The van der Waals surface area contributed by atoms with E-state index >= 15 is 8.78 Å². The molecule has 0 amide bonds. The van der Waals surface area contributed by atoms with Crippen LogP contribution in [0.1, 0.15) is 11.5 Å². The summed E-state index contributed by atoms with van der Waals surface area (Å²) in [5.74, 6) is 1.83. The molecule has 7 heteroatoms. The molecule has 0 bridgehead atoms. The fourth-order valence-corrected chi connectivity index (χ4v) is 7.93. The highest BCUT2D eigenvalue weighted by Gasteiger charge is 2.23. The molecule has 0 saturated heterocycles. The minimum Gasteiger partial charge on any atom is -0.460 e. The summed E-state index contributed by atoms with van der Waals surface area (Å²) in [6.07, 6.45) is 0. The summed E-state index contributed by atoms with van der Waals surface area (Å²) in [5.41, 5.74) is 9.05. The van der Waals surface area contributed by atoms with Crippen molar-refractivity contribution in [1.29, 1.82) is 0 Å². The first-order valence-electron chi connectivity index (χ1n) is 19.0. The lowest BCUT2D eigenvalue weighted by molar-refractivity contribution is 0.579. The van der Waals surface area contributed by atoms with Crippen LogP contribution in [0.2, 0.25) is 0 Å². The normalized spacial score (nSPS) is 11.4. The van der Waals surface area contributed by atoms with Crippen LogP contribution in [0.25, 0.3) is 101 Å². The first-order valence-corrected chi connectivity index (χ1v) is 19.0. The fraction of sp³-hybridized carbons (Fsp3) is 0.0392. The van der Waals surface area contributed by atoms with E-state index in [1.165, 1.54) is 24.3 Å². The third kappa shape index (κ3) is 6.23. The molecule has 0 N–H and O–H groups in total. The van der Waals surface area contributed by atoms with E-state index in [0.717, 1.165) is 33.4 Å². The number of hydrogen-bond donors (Lipinski definition) is 0. The number of hydrogen-bond acceptors (Lipinski definition) is 5. The molecule has 0 aliphatic heterocycles. The zero-order valence-electron chi connectivity index (χ0n) is 31.5. The van der Waals surface area contributed by atoms with Crippen LogP contribution in [0, 0.1) is 25.5 Å². The highest BCUT2D eigenvalue weighted by molar-refractivity contribution is 6.06. The van der Waals surface area contributed by atoms with Crippen molar-refractivity contribution in [3.63, 3.8) is 0 Å². The van der Waals surface area contributed by atoms with Gasteiger partial charge in [-0.15, -0.1) is 0 Å². The number of halogens is 2. The number of benzene rings is 7. The van der Waals surface area contributed by atoms with Crippen LogP contribution in [0.5, 0.6) is 0 Å². The van der Waals surface area contributed by atoms with Crippen LogP contribution in [-0.2, 0) is 0 Å². The number of aromatic nitrogens is 3. The maximum Gasteiger partial charge on any atom is 0.164 e. The lowest BCUT2D eigenvalue weighted by Gasteiger charge is -2.13. The Labute approximate surface area is 333 Å². The van der Waals surface area contributed by atoms with Crippen LogP contribution in [-0.4, -0.2) is 15.0 Å². The molecule has 0 aliphatic rings. The Balaban J connectivity index is 1.26. The molecule has 0 atom stereocenters. The van der Waals surface area contributed by atoms with E-state index in [1.807, 2.05) is 153 Å². The second kappa shape index (κ2) is 14.2. The molecule has 0 fully saturated rings. The maximum absolute atomic E-state index is 15.9. The van der Waals surface area contributed by atoms with E-state index in [-0.39, 0.29) is 0 Å². The molecule has 278 valence electrons. The van der Waals surface area contributed by atoms with Crippen molar-refractivity contribution in [3.8, 4) is 78.7 Å². The van der Waals surface area contributed by atoms with Gasteiger partial charge in [0.1, 0.15) is 34.3 Å². The number of aryl methyl sites for hydroxylation is 2. The van der Waals surface area contributed by atoms with E-state index in [4.69, 9.17) is 23.8 Å². The maximum atomic E-state index is 15.9. The van der Waals surface area contributed by atoms with Gasteiger partial charge >= 0.3 is 0 Å². The van der Waals surface area contributed by atoms with Crippen molar-refractivity contribution in [3.05, 3.63) is 187 Å². The molecule has 0 saturated carbocycles. The van der Waals surface area contributed by atoms with Crippen molar-refractivity contribution in [2.24, 2.45) is 0 Å². The van der Waals surface area contributed by atoms with Gasteiger partial charge in [0, 0.05) is 49.7 Å². The number of fused-ring (bicyclic) bond motifs is 2. The van der Waals surface area contributed by atoms with E-state index in [0.29, 0.717) is 78.7 Å². The summed E-state index contributed by atoms with van der Waals surface area (Å²) in [6.45, 7) is 3.78. The highest BCUT2D eigenvalue weighted by Crippen LogP contribution is 2.45. The van der Waals surface area contributed by atoms with Crippen molar-refractivity contribution in [2.75, 3.05) is 0 Å². The molecule has 58 heavy (non-hydrogen) atoms. The smallest absolute Gasteiger partial charge is 0.164 e. The molecule has 3 aromatic heterocycles. The number of furan rings is 2. The Hall–Kier alpha value is -7.51. The molecule has 10 aromatic rings. The van der Waals surface area contributed by atoms with Gasteiger partial charge < -0.3 is 8.83 Å². The Morgan fingerprint density at radius 2 is 0.690 bits per heavy atom. The monoisotopic (exact) mass is 757 g/mol. The Morgan fingerprint density at radius 3 is 1.07 bits per heavy atom. The summed E-state index contributed by atoms with van der Waals surface area (Å²) < 4.78 is 44.9. The quantitative estimate of drug-likeness (QED) is 0.162. The first-order chi connectivity index (χ1) is 28.4. The largest absolute Gasteiger partial charge is 0.460 e. The van der Waals surface area contributed by atoms with Gasteiger partial charge in [-0.2, -0.15) is 0 Å². The van der Waals surface area contributed by atoms with Gasteiger partial charge in [0.15, 0.2) is 17.5 Å². The second-order valence-electron chi connectivity index (χ2n) is 14.3. The zero-order valence-corrected chi connectivity index (χ0v) is 31.5. The lowest BCUT2D eigenvalue weighted by atomic mass is 9.92. The summed E-state index contributed by atoms with van der Waals surface area (Å²) in [7, 11) is 0. The van der Waals surface area contributed by atoms with Crippen molar-refractivity contribution >= 4 is 21.9 Å². The average molecular weight is 758 g/mol. The molecule has 0 aliphatic carbocycles. The van der Waals surface area contributed by atoms with E-state index in [2.05, 4.69) is 0 Å². The van der Waals surface area contributed by atoms with Crippen LogP contribution in [0.15, 0.2) is 173 Å². The van der Waals surface area contributed by atoms with Crippen molar-refractivity contribution < 1.29 is 17.6 Å².